The van der Waals surface area contributed by atoms with Gasteiger partial charge in [0.15, 0.2) is 6.61 Å². The SMILES string of the molecule is CC1Cc2ccccc2N1C(=O)COC(=O)c1cc(S(=O)(=O)Nc2ccc(I)cc2)ccc1Cl. The molecule has 0 aromatic heterocycles. The van der Waals surface area contributed by atoms with E-state index in [2.05, 4.69) is 27.3 Å². The number of esters is 1. The van der Waals surface area contributed by atoms with Gasteiger partial charge in [-0.2, -0.15) is 0 Å². The number of carbonyl (C=O) groups excluding carboxylic acids is 2. The molecule has 0 radical (unpaired) electrons. The standard InChI is InChI=1S/C24H20ClIN2O5S/c1-15-12-16-4-2-3-5-22(16)28(15)23(29)14-33-24(30)20-13-19(10-11-21(20)25)34(31,32)27-18-8-6-17(26)7-9-18/h2-11,13,15,27H,12,14H2,1H3. The van der Waals surface area contributed by atoms with Crippen molar-refractivity contribution in [2.75, 3.05) is 16.2 Å². The van der Waals surface area contributed by atoms with E-state index in [9.17, 15) is 18.0 Å². The van der Waals surface area contributed by atoms with Gasteiger partial charge in [-0.1, -0.05) is 29.8 Å². The molecule has 3 aromatic carbocycles. The second kappa shape index (κ2) is 9.93. The lowest BCUT2D eigenvalue weighted by atomic mass is 10.1. The molecule has 0 bridgehead atoms. The molecule has 0 saturated carbocycles. The molecule has 3 aromatic rings. The number of hydrogen-bond donors (Lipinski definition) is 1. The summed E-state index contributed by atoms with van der Waals surface area (Å²) in [5.41, 5.74) is 2.08. The number of para-hydroxylation sites is 1. The van der Waals surface area contributed by atoms with Crippen LogP contribution in [-0.2, 0) is 26.0 Å². The summed E-state index contributed by atoms with van der Waals surface area (Å²) in [6.45, 7) is 1.43. The lowest BCUT2D eigenvalue weighted by Gasteiger charge is -2.22. The van der Waals surface area contributed by atoms with Crippen molar-refractivity contribution >= 4 is 67.5 Å². The molecule has 176 valence electrons. The Balaban J connectivity index is 1.48. The summed E-state index contributed by atoms with van der Waals surface area (Å²) in [4.78, 5) is 26.9. The number of nitrogens with zero attached hydrogens (tertiary/aromatic N) is 1. The Morgan fingerprint density at radius 3 is 2.56 bits per heavy atom. The number of nitrogens with one attached hydrogen (secondary N) is 1. The van der Waals surface area contributed by atoms with Crippen LogP contribution in [0.1, 0.15) is 22.8 Å². The van der Waals surface area contributed by atoms with E-state index >= 15 is 0 Å². The molecule has 7 nitrogen and oxygen atoms in total. The summed E-state index contributed by atoms with van der Waals surface area (Å²) in [5.74, 6) is -1.25. The molecule has 4 rings (SSSR count). The van der Waals surface area contributed by atoms with E-state index in [0.29, 0.717) is 5.69 Å². The molecule has 1 aliphatic heterocycles. The molecule has 0 spiro atoms. The minimum Gasteiger partial charge on any atom is -0.452 e. The third-order valence-electron chi connectivity index (χ3n) is 5.37. The highest BCUT2D eigenvalue weighted by atomic mass is 127. The zero-order chi connectivity index (χ0) is 24.5. The van der Waals surface area contributed by atoms with Crippen molar-refractivity contribution in [2.45, 2.75) is 24.3 Å². The largest absolute Gasteiger partial charge is 0.452 e. The number of carbonyl (C=O) groups is 2. The lowest BCUT2D eigenvalue weighted by Crippen LogP contribution is -2.38. The van der Waals surface area contributed by atoms with Crippen LogP contribution in [0.5, 0.6) is 0 Å². The number of ether oxygens (including phenoxy) is 1. The second-order valence-electron chi connectivity index (χ2n) is 7.78. The molecule has 1 atom stereocenters. The van der Waals surface area contributed by atoms with Gasteiger partial charge in [0.25, 0.3) is 15.9 Å². The fourth-order valence-electron chi connectivity index (χ4n) is 3.78. The number of halogens is 2. The fraction of sp³-hybridized carbons (Fsp3) is 0.167. The van der Waals surface area contributed by atoms with Crippen LogP contribution in [-0.4, -0.2) is 32.9 Å². The number of amides is 1. The zero-order valence-corrected chi connectivity index (χ0v) is 21.7. The Morgan fingerprint density at radius 2 is 1.82 bits per heavy atom. The van der Waals surface area contributed by atoms with E-state index in [0.717, 1.165) is 27.3 Å². The molecule has 0 aliphatic carbocycles. The van der Waals surface area contributed by atoms with Crippen LogP contribution in [0.15, 0.2) is 71.6 Å². The van der Waals surface area contributed by atoms with Gasteiger partial charge < -0.3 is 9.64 Å². The molecular weight excluding hydrogens is 591 g/mol. The van der Waals surface area contributed by atoms with Crippen molar-refractivity contribution in [3.8, 4) is 0 Å². The zero-order valence-electron chi connectivity index (χ0n) is 18.0. The highest BCUT2D eigenvalue weighted by Gasteiger charge is 2.31. The highest BCUT2D eigenvalue weighted by molar-refractivity contribution is 14.1. The summed E-state index contributed by atoms with van der Waals surface area (Å²) < 4.78 is 34.2. The summed E-state index contributed by atoms with van der Waals surface area (Å²) in [7, 11) is -3.98. The van der Waals surface area contributed by atoms with Gasteiger partial charge in [0.2, 0.25) is 0 Å². The maximum absolute atomic E-state index is 12.8. The van der Waals surface area contributed by atoms with Crippen molar-refractivity contribution in [2.24, 2.45) is 0 Å². The van der Waals surface area contributed by atoms with Crippen LogP contribution < -0.4 is 9.62 Å². The van der Waals surface area contributed by atoms with Crippen LogP contribution in [0.4, 0.5) is 11.4 Å². The van der Waals surface area contributed by atoms with Gasteiger partial charge >= 0.3 is 5.97 Å². The Kier molecular flexibility index (Phi) is 7.15. The van der Waals surface area contributed by atoms with Gasteiger partial charge in [-0.15, -0.1) is 0 Å². The van der Waals surface area contributed by atoms with Crippen LogP contribution in [0.2, 0.25) is 5.02 Å². The number of anilines is 2. The van der Waals surface area contributed by atoms with Crippen molar-refractivity contribution in [1.29, 1.82) is 0 Å². The molecule has 0 fully saturated rings. The molecule has 1 unspecified atom stereocenters. The normalized spacial score (nSPS) is 15.0. The average Bonchev–Trinajstić information content (AvgIpc) is 3.14. The molecule has 1 N–H and O–H groups in total. The minimum atomic E-state index is -3.98. The monoisotopic (exact) mass is 610 g/mol. The van der Waals surface area contributed by atoms with Crippen molar-refractivity contribution in [3.05, 3.63) is 86.4 Å². The topological polar surface area (TPSA) is 92.8 Å². The fourth-order valence-corrected chi connectivity index (χ4v) is 5.42. The molecule has 1 aliphatic rings. The first-order valence-electron chi connectivity index (χ1n) is 10.3. The first-order valence-corrected chi connectivity index (χ1v) is 13.2. The quantitative estimate of drug-likeness (QED) is 0.317. The molecule has 1 heterocycles. The highest BCUT2D eigenvalue weighted by Crippen LogP contribution is 2.32. The van der Waals surface area contributed by atoms with Gasteiger partial charge in [-0.05, 0) is 90.0 Å². The van der Waals surface area contributed by atoms with E-state index in [1.807, 2.05) is 31.2 Å². The van der Waals surface area contributed by atoms with Crippen molar-refractivity contribution in [1.82, 2.24) is 0 Å². The van der Waals surface area contributed by atoms with Crippen molar-refractivity contribution < 1.29 is 22.7 Å². The second-order valence-corrected chi connectivity index (χ2v) is 11.1. The third kappa shape index (κ3) is 5.21. The Labute approximate surface area is 216 Å². The van der Waals surface area contributed by atoms with E-state index in [-0.39, 0.29) is 27.4 Å². The number of fused-ring (bicyclic) bond motifs is 1. The summed E-state index contributed by atoms with van der Waals surface area (Å²) in [5, 5.41) is 0.0190. The summed E-state index contributed by atoms with van der Waals surface area (Å²) in [6.07, 6.45) is 0.717. The Bertz CT molecular complexity index is 1360. The Morgan fingerprint density at radius 1 is 1.12 bits per heavy atom. The number of benzene rings is 3. The van der Waals surface area contributed by atoms with E-state index in [4.69, 9.17) is 16.3 Å². The van der Waals surface area contributed by atoms with Gasteiger partial charge in [0.05, 0.1) is 15.5 Å². The minimum absolute atomic E-state index is 0.0190. The van der Waals surface area contributed by atoms with Gasteiger partial charge in [-0.25, -0.2) is 13.2 Å². The van der Waals surface area contributed by atoms with E-state index in [1.165, 1.54) is 12.1 Å². The first-order chi connectivity index (χ1) is 16.2. The predicted octanol–water partition coefficient (Wildman–Crippen LogP) is 4.88. The average molecular weight is 611 g/mol. The molecule has 0 saturated heterocycles. The predicted molar refractivity (Wildman–Crippen MR) is 139 cm³/mol. The van der Waals surface area contributed by atoms with Crippen LogP contribution in [0.3, 0.4) is 0 Å². The van der Waals surface area contributed by atoms with E-state index < -0.39 is 22.6 Å². The molecular formula is C24H20ClIN2O5S. The lowest BCUT2D eigenvalue weighted by molar-refractivity contribution is -0.122. The molecule has 10 heteroatoms. The number of rotatable bonds is 6. The molecule has 34 heavy (non-hydrogen) atoms. The summed E-state index contributed by atoms with van der Waals surface area (Å²) >= 11 is 8.25. The number of sulfonamides is 1. The smallest absolute Gasteiger partial charge is 0.340 e. The van der Waals surface area contributed by atoms with Crippen LogP contribution in [0.25, 0.3) is 0 Å². The maximum Gasteiger partial charge on any atom is 0.340 e. The van der Waals surface area contributed by atoms with E-state index in [1.54, 1.807) is 29.2 Å². The van der Waals surface area contributed by atoms with Crippen molar-refractivity contribution in [3.63, 3.8) is 0 Å². The maximum atomic E-state index is 12.8. The van der Waals surface area contributed by atoms with Crippen LogP contribution >= 0.6 is 34.2 Å². The van der Waals surface area contributed by atoms with Gasteiger partial charge in [0, 0.05) is 21.0 Å². The number of hydrogen-bond acceptors (Lipinski definition) is 5. The third-order valence-corrected chi connectivity index (χ3v) is 7.79. The molecule has 1 amide bonds. The van der Waals surface area contributed by atoms with Crippen LogP contribution in [0, 0.1) is 3.57 Å². The van der Waals surface area contributed by atoms with Gasteiger partial charge in [0.1, 0.15) is 0 Å². The summed E-state index contributed by atoms with van der Waals surface area (Å²) in [6, 6.07) is 18.0. The van der Waals surface area contributed by atoms with Gasteiger partial charge in [-0.3, -0.25) is 9.52 Å². The Hall–Kier alpha value is -2.63. The first kappa shape index (κ1) is 24.5.